The van der Waals surface area contributed by atoms with Gasteiger partial charge in [-0.3, -0.25) is 4.79 Å². The van der Waals surface area contributed by atoms with Crippen LogP contribution in [0.15, 0.2) is 18.2 Å². The van der Waals surface area contributed by atoms with Gasteiger partial charge in [0, 0.05) is 31.9 Å². The Bertz CT molecular complexity index is 593. The van der Waals surface area contributed by atoms with Crippen LogP contribution in [-0.2, 0) is 20.7 Å². The first-order chi connectivity index (χ1) is 11.2. The minimum absolute atomic E-state index is 0.167. The lowest BCUT2D eigenvalue weighted by atomic mass is 9.96. The minimum Gasteiger partial charge on any atom is -0.465 e. The van der Waals surface area contributed by atoms with Crippen LogP contribution >= 0.6 is 0 Å². The summed E-state index contributed by atoms with van der Waals surface area (Å²) < 4.78 is 10.2. The van der Waals surface area contributed by atoms with Crippen LogP contribution in [0.1, 0.15) is 41.6 Å². The van der Waals surface area contributed by atoms with E-state index in [1.54, 1.807) is 6.07 Å². The van der Waals surface area contributed by atoms with Crippen LogP contribution < -0.4 is 4.90 Å². The van der Waals surface area contributed by atoms with E-state index < -0.39 is 0 Å². The van der Waals surface area contributed by atoms with E-state index in [0.717, 1.165) is 50.1 Å². The third-order valence-corrected chi connectivity index (χ3v) is 4.72. The van der Waals surface area contributed by atoms with E-state index in [0.29, 0.717) is 24.4 Å². The van der Waals surface area contributed by atoms with Crippen LogP contribution in [0, 0.1) is 5.92 Å². The molecule has 1 amide bonds. The normalized spacial score (nSPS) is 20.2. The van der Waals surface area contributed by atoms with E-state index in [4.69, 9.17) is 9.47 Å². The Morgan fingerprint density at radius 1 is 1.39 bits per heavy atom. The summed E-state index contributed by atoms with van der Waals surface area (Å²) in [5, 5.41) is 0. The largest absolute Gasteiger partial charge is 0.465 e. The average molecular weight is 317 g/mol. The lowest BCUT2D eigenvalue weighted by Gasteiger charge is -2.23. The maximum atomic E-state index is 12.5. The van der Waals surface area contributed by atoms with Gasteiger partial charge in [0.05, 0.1) is 12.7 Å². The van der Waals surface area contributed by atoms with Gasteiger partial charge in [-0.25, -0.2) is 4.79 Å². The zero-order valence-electron chi connectivity index (χ0n) is 13.5. The number of nitrogens with zero attached hydrogens (tertiary/aromatic N) is 1. The van der Waals surface area contributed by atoms with Crippen molar-refractivity contribution in [2.45, 2.75) is 32.1 Å². The Morgan fingerprint density at radius 2 is 2.26 bits per heavy atom. The second kappa shape index (κ2) is 7.13. The zero-order valence-corrected chi connectivity index (χ0v) is 13.5. The molecule has 3 rings (SSSR count). The van der Waals surface area contributed by atoms with Gasteiger partial charge in [-0.1, -0.05) is 0 Å². The summed E-state index contributed by atoms with van der Waals surface area (Å²) in [6, 6.07) is 5.42. The molecular weight excluding hydrogens is 294 g/mol. The second-order valence-corrected chi connectivity index (χ2v) is 6.25. The van der Waals surface area contributed by atoms with Gasteiger partial charge in [-0.05, 0) is 55.4 Å². The molecule has 1 aromatic carbocycles. The third-order valence-electron chi connectivity index (χ3n) is 4.72. The number of ether oxygens (including phenoxy) is 2. The molecule has 2 heterocycles. The van der Waals surface area contributed by atoms with Crippen molar-refractivity contribution in [3.8, 4) is 0 Å². The number of rotatable bonds is 4. The molecule has 1 atom stereocenters. The lowest BCUT2D eigenvalue weighted by molar-refractivity contribution is -0.119. The standard InChI is InChI=1S/C18H23NO4/c1-22-18(21)15-5-6-16-14(11-15)8-9-19(16)17(20)7-4-13-3-2-10-23-12-13/h5-6,11,13H,2-4,7-10,12H2,1H3. The zero-order chi connectivity index (χ0) is 16.2. The molecule has 5 nitrogen and oxygen atoms in total. The highest BCUT2D eigenvalue weighted by atomic mass is 16.5. The maximum Gasteiger partial charge on any atom is 0.337 e. The SMILES string of the molecule is COC(=O)c1ccc2c(c1)CCN2C(=O)CCC1CCCOC1. The highest BCUT2D eigenvalue weighted by Crippen LogP contribution is 2.30. The van der Waals surface area contributed by atoms with E-state index in [1.807, 2.05) is 17.0 Å². The van der Waals surface area contributed by atoms with Crippen LogP contribution in [0.4, 0.5) is 5.69 Å². The molecule has 1 unspecified atom stereocenters. The summed E-state index contributed by atoms with van der Waals surface area (Å²) in [7, 11) is 1.38. The summed E-state index contributed by atoms with van der Waals surface area (Å²) >= 11 is 0. The van der Waals surface area contributed by atoms with Gasteiger partial charge in [0.25, 0.3) is 0 Å². The monoisotopic (exact) mass is 317 g/mol. The molecular formula is C18H23NO4. The quantitative estimate of drug-likeness (QED) is 0.801. The van der Waals surface area contributed by atoms with Crippen molar-refractivity contribution in [1.82, 2.24) is 0 Å². The predicted molar refractivity (Wildman–Crippen MR) is 86.6 cm³/mol. The van der Waals surface area contributed by atoms with Gasteiger partial charge in [-0.15, -0.1) is 0 Å². The Balaban J connectivity index is 1.62. The highest BCUT2D eigenvalue weighted by molar-refractivity contribution is 5.97. The fourth-order valence-corrected chi connectivity index (χ4v) is 3.40. The average Bonchev–Trinajstić information content (AvgIpc) is 3.03. The van der Waals surface area contributed by atoms with E-state index in [2.05, 4.69) is 0 Å². The Kier molecular flexibility index (Phi) is 4.96. The van der Waals surface area contributed by atoms with Crippen LogP contribution in [0.3, 0.4) is 0 Å². The first-order valence-electron chi connectivity index (χ1n) is 8.28. The number of benzene rings is 1. The molecule has 0 bridgehead atoms. The van der Waals surface area contributed by atoms with E-state index in [1.165, 1.54) is 7.11 Å². The molecule has 5 heteroatoms. The number of carbonyl (C=O) groups excluding carboxylic acids is 2. The Morgan fingerprint density at radius 3 is 3.00 bits per heavy atom. The van der Waals surface area contributed by atoms with Crippen LogP contribution in [0.5, 0.6) is 0 Å². The van der Waals surface area contributed by atoms with Gasteiger partial charge in [0.2, 0.25) is 5.91 Å². The van der Waals surface area contributed by atoms with Crippen molar-refractivity contribution in [3.63, 3.8) is 0 Å². The molecule has 0 saturated carbocycles. The first kappa shape index (κ1) is 16.0. The fourth-order valence-electron chi connectivity index (χ4n) is 3.40. The summed E-state index contributed by atoms with van der Waals surface area (Å²) in [6.07, 6.45) is 4.50. The molecule has 1 fully saturated rings. The van der Waals surface area contributed by atoms with Crippen LogP contribution in [-0.4, -0.2) is 38.7 Å². The topological polar surface area (TPSA) is 55.8 Å². The summed E-state index contributed by atoms with van der Waals surface area (Å²) in [5.74, 6) is 0.339. The van der Waals surface area contributed by atoms with Gasteiger partial charge in [-0.2, -0.15) is 0 Å². The number of hydrogen-bond acceptors (Lipinski definition) is 4. The van der Waals surface area contributed by atoms with Crippen LogP contribution in [0.2, 0.25) is 0 Å². The van der Waals surface area contributed by atoms with Gasteiger partial charge in [0.1, 0.15) is 0 Å². The molecule has 1 saturated heterocycles. The fraction of sp³-hybridized carbons (Fsp3) is 0.556. The van der Waals surface area contributed by atoms with Gasteiger partial charge >= 0.3 is 5.97 Å². The Hall–Kier alpha value is -1.88. The number of methoxy groups -OCH3 is 1. The van der Waals surface area contributed by atoms with Gasteiger partial charge in [0.15, 0.2) is 0 Å². The van der Waals surface area contributed by atoms with Crippen molar-refractivity contribution < 1.29 is 19.1 Å². The molecule has 2 aliphatic heterocycles. The molecule has 0 N–H and O–H groups in total. The summed E-state index contributed by atoms with van der Waals surface area (Å²) in [4.78, 5) is 26.0. The van der Waals surface area contributed by atoms with Gasteiger partial charge < -0.3 is 14.4 Å². The van der Waals surface area contributed by atoms with Crippen molar-refractivity contribution in [2.24, 2.45) is 5.92 Å². The molecule has 0 radical (unpaired) electrons. The minimum atomic E-state index is -0.338. The molecule has 0 aromatic heterocycles. The number of carbonyl (C=O) groups is 2. The van der Waals surface area contributed by atoms with E-state index >= 15 is 0 Å². The highest BCUT2D eigenvalue weighted by Gasteiger charge is 2.26. The molecule has 1 aromatic rings. The smallest absolute Gasteiger partial charge is 0.337 e. The second-order valence-electron chi connectivity index (χ2n) is 6.25. The molecule has 0 aliphatic carbocycles. The number of amides is 1. The number of hydrogen-bond donors (Lipinski definition) is 0. The Labute approximate surface area is 136 Å². The maximum absolute atomic E-state index is 12.5. The predicted octanol–water partition coefficient (Wildman–Crippen LogP) is 2.57. The summed E-state index contributed by atoms with van der Waals surface area (Å²) in [6.45, 7) is 2.33. The molecule has 124 valence electrons. The molecule has 23 heavy (non-hydrogen) atoms. The molecule has 0 spiro atoms. The lowest BCUT2D eigenvalue weighted by Crippen LogP contribution is -2.29. The first-order valence-corrected chi connectivity index (χ1v) is 8.28. The van der Waals surface area contributed by atoms with Crippen molar-refractivity contribution >= 4 is 17.6 Å². The van der Waals surface area contributed by atoms with Crippen LogP contribution in [0.25, 0.3) is 0 Å². The number of fused-ring (bicyclic) bond motifs is 1. The molecule has 2 aliphatic rings. The van der Waals surface area contributed by atoms with Crippen molar-refractivity contribution in [1.29, 1.82) is 0 Å². The van der Waals surface area contributed by atoms with Crippen molar-refractivity contribution in [3.05, 3.63) is 29.3 Å². The van der Waals surface area contributed by atoms with E-state index in [-0.39, 0.29) is 11.9 Å². The number of esters is 1. The summed E-state index contributed by atoms with van der Waals surface area (Å²) in [5.41, 5.74) is 2.52. The van der Waals surface area contributed by atoms with E-state index in [9.17, 15) is 9.59 Å². The third kappa shape index (κ3) is 3.55. The van der Waals surface area contributed by atoms with Crippen molar-refractivity contribution in [2.75, 3.05) is 31.8 Å². The number of anilines is 1.